The van der Waals surface area contributed by atoms with Gasteiger partial charge in [0.25, 0.3) is 0 Å². The zero-order valence-electron chi connectivity index (χ0n) is 10.4. The van der Waals surface area contributed by atoms with Crippen molar-refractivity contribution in [2.75, 3.05) is 11.1 Å². The van der Waals surface area contributed by atoms with Crippen LogP contribution < -0.4 is 11.1 Å². The van der Waals surface area contributed by atoms with Crippen molar-refractivity contribution in [1.82, 2.24) is 4.98 Å². The second kappa shape index (κ2) is 5.09. The topological polar surface area (TPSA) is 50.9 Å². The van der Waals surface area contributed by atoms with Gasteiger partial charge in [-0.05, 0) is 46.3 Å². The van der Waals surface area contributed by atoms with Gasteiger partial charge in [0.15, 0.2) is 0 Å². The molecule has 3 rings (SSSR count). The molecular weight excluding hydrogens is 321 g/mol. The Balaban J connectivity index is 2.02. The van der Waals surface area contributed by atoms with Crippen molar-refractivity contribution >= 4 is 43.8 Å². The largest absolute Gasteiger partial charge is 0.397 e. The lowest BCUT2D eigenvalue weighted by Gasteiger charge is -2.12. The van der Waals surface area contributed by atoms with E-state index in [2.05, 4.69) is 26.2 Å². The first kappa shape index (κ1) is 12.9. The molecule has 100 valence electrons. The van der Waals surface area contributed by atoms with Crippen molar-refractivity contribution in [1.29, 1.82) is 0 Å². The zero-order valence-corrected chi connectivity index (χ0v) is 12.0. The number of benzene rings is 2. The minimum Gasteiger partial charge on any atom is -0.397 e. The van der Waals surface area contributed by atoms with E-state index in [0.29, 0.717) is 15.8 Å². The standard InChI is InChI=1S/C15H11BrFN3/c16-12-3-2-10(7-13(12)17)20-14-4-1-9-8-19-6-5-11(9)15(14)18/h1-8,20H,18H2. The molecule has 3 aromatic rings. The number of nitrogen functional groups attached to an aromatic ring is 1. The van der Waals surface area contributed by atoms with Crippen LogP contribution in [0.1, 0.15) is 0 Å². The maximum atomic E-state index is 13.5. The summed E-state index contributed by atoms with van der Waals surface area (Å²) < 4.78 is 13.9. The van der Waals surface area contributed by atoms with Gasteiger partial charge in [-0.2, -0.15) is 0 Å². The molecule has 1 aromatic heterocycles. The van der Waals surface area contributed by atoms with Crippen LogP contribution in [-0.2, 0) is 0 Å². The van der Waals surface area contributed by atoms with Gasteiger partial charge in [-0.15, -0.1) is 0 Å². The van der Waals surface area contributed by atoms with Crippen molar-refractivity contribution < 1.29 is 4.39 Å². The van der Waals surface area contributed by atoms with Gasteiger partial charge in [0, 0.05) is 28.9 Å². The van der Waals surface area contributed by atoms with Crippen LogP contribution in [0.5, 0.6) is 0 Å². The predicted octanol–water partition coefficient (Wildman–Crippen LogP) is 4.46. The van der Waals surface area contributed by atoms with Crippen LogP contribution in [0.15, 0.2) is 53.3 Å². The number of pyridine rings is 1. The molecule has 0 saturated heterocycles. The zero-order chi connectivity index (χ0) is 14.1. The first-order chi connectivity index (χ1) is 9.65. The molecule has 0 bridgehead atoms. The van der Waals surface area contributed by atoms with Crippen molar-refractivity contribution in [2.45, 2.75) is 0 Å². The Morgan fingerprint density at radius 2 is 2.00 bits per heavy atom. The van der Waals surface area contributed by atoms with E-state index in [9.17, 15) is 4.39 Å². The van der Waals surface area contributed by atoms with Crippen LogP contribution in [-0.4, -0.2) is 4.98 Å². The number of hydrogen-bond donors (Lipinski definition) is 2. The normalized spacial score (nSPS) is 10.7. The van der Waals surface area contributed by atoms with Gasteiger partial charge in [-0.1, -0.05) is 6.07 Å². The molecule has 0 aliphatic rings. The van der Waals surface area contributed by atoms with Crippen molar-refractivity contribution in [2.24, 2.45) is 0 Å². The van der Waals surface area contributed by atoms with Crippen LogP contribution in [0.25, 0.3) is 10.8 Å². The van der Waals surface area contributed by atoms with Gasteiger partial charge in [0.1, 0.15) is 5.82 Å². The first-order valence-corrected chi connectivity index (χ1v) is 6.79. The van der Waals surface area contributed by atoms with Gasteiger partial charge in [-0.3, -0.25) is 4.98 Å². The van der Waals surface area contributed by atoms with E-state index in [1.807, 2.05) is 18.2 Å². The van der Waals surface area contributed by atoms with E-state index < -0.39 is 0 Å². The second-order valence-corrected chi connectivity index (χ2v) is 5.23. The summed E-state index contributed by atoms with van der Waals surface area (Å²) in [5.74, 6) is -0.321. The van der Waals surface area contributed by atoms with Gasteiger partial charge in [0.2, 0.25) is 0 Å². The Kier molecular flexibility index (Phi) is 3.28. The summed E-state index contributed by atoms with van der Waals surface area (Å²) in [6.45, 7) is 0. The smallest absolute Gasteiger partial charge is 0.139 e. The van der Waals surface area contributed by atoms with Crippen LogP contribution in [0.2, 0.25) is 0 Å². The molecule has 5 heteroatoms. The van der Waals surface area contributed by atoms with Crippen LogP contribution in [0.4, 0.5) is 21.5 Å². The van der Waals surface area contributed by atoms with Crippen molar-refractivity contribution in [3.05, 3.63) is 59.1 Å². The lowest BCUT2D eigenvalue weighted by molar-refractivity contribution is 0.622. The summed E-state index contributed by atoms with van der Waals surface area (Å²) >= 11 is 3.13. The van der Waals surface area contributed by atoms with Gasteiger partial charge in [-0.25, -0.2) is 4.39 Å². The number of anilines is 3. The lowest BCUT2D eigenvalue weighted by Crippen LogP contribution is -1.98. The van der Waals surface area contributed by atoms with Gasteiger partial charge in [0.05, 0.1) is 15.8 Å². The number of nitrogens with one attached hydrogen (secondary N) is 1. The first-order valence-electron chi connectivity index (χ1n) is 5.99. The molecule has 0 spiro atoms. The van der Waals surface area contributed by atoms with Crippen LogP contribution in [0.3, 0.4) is 0 Å². The Bertz CT molecular complexity index is 789. The summed E-state index contributed by atoms with van der Waals surface area (Å²) in [6, 6.07) is 10.5. The Labute approximate surface area is 123 Å². The second-order valence-electron chi connectivity index (χ2n) is 4.38. The third-order valence-electron chi connectivity index (χ3n) is 3.06. The highest BCUT2D eigenvalue weighted by Crippen LogP contribution is 2.31. The minimum atomic E-state index is -0.321. The van der Waals surface area contributed by atoms with E-state index >= 15 is 0 Å². The lowest BCUT2D eigenvalue weighted by atomic mass is 10.1. The number of rotatable bonds is 2. The number of hydrogen-bond acceptors (Lipinski definition) is 3. The van der Waals surface area contributed by atoms with Crippen molar-refractivity contribution in [3.63, 3.8) is 0 Å². The molecule has 3 nitrogen and oxygen atoms in total. The molecule has 0 amide bonds. The SMILES string of the molecule is Nc1c(Nc2ccc(Br)c(F)c2)ccc2cnccc12. The summed E-state index contributed by atoms with van der Waals surface area (Å²) in [7, 11) is 0. The van der Waals surface area contributed by atoms with E-state index in [-0.39, 0.29) is 5.82 Å². The Morgan fingerprint density at radius 1 is 1.15 bits per heavy atom. The van der Waals surface area contributed by atoms with E-state index in [0.717, 1.165) is 16.5 Å². The average Bonchev–Trinajstić information content (AvgIpc) is 2.46. The third-order valence-corrected chi connectivity index (χ3v) is 3.70. The highest BCUT2D eigenvalue weighted by Gasteiger charge is 2.06. The molecule has 0 radical (unpaired) electrons. The van der Waals surface area contributed by atoms with Gasteiger partial charge >= 0.3 is 0 Å². The third kappa shape index (κ3) is 2.32. The summed E-state index contributed by atoms with van der Waals surface area (Å²) in [5, 5.41) is 5.02. The maximum Gasteiger partial charge on any atom is 0.139 e. The van der Waals surface area contributed by atoms with Gasteiger partial charge < -0.3 is 11.1 Å². The minimum absolute atomic E-state index is 0.321. The number of fused-ring (bicyclic) bond motifs is 1. The quantitative estimate of drug-likeness (QED) is 0.681. The predicted molar refractivity (Wildman–Crippen MR) is 83.5 cm³/mol. The van der Waals surface area contributed by atoms with E-state index in [4.69, 9.17) is 5.73 Å². The molecule has 2 aromatic carbocycles. The molecule has 0 aliphatic heterocycles. The molecule has 20 heavy (non-hydrogen) atoms. The molecule has 0 fully saturated rings. The Hall–Kier alpha value is -2.14. The average molecular weight is 332 g/mol. The van der Waals surface area contributed by atoms with E-state index in [1.54, 1.807) is 24.5 Å². The van der Waals surface area contributed by atoms with E-state index in [1.165, 1.54) is 6.07 Å². The molecule has 0 atom stereocenters. The number of nitrogens with zero attached hydrogens (tertiary/aromatic N) is 1. The Morgan fingerprint density at radius 3 is 2.80 bits per heavy atom. The molecule has 1 heterocycles. The fraction of sp³-hybridized carbons (Fsp3) is 0. The summed E-state index contributed by atoms with van der Waals surface area (Å²) in [6.07, 6.45) is 3.45. The monoisotopic (exact) mass is 331 g/mol. The van der Waals surface area contributed by atoms with Crippen LogP contribution in [0, 0.1) is 5.82 Å². The number of halogens is 2. The molecule has 3 N–H and O–H groups in total. The maximum absolute atomic E-state index is 13.5. The van der Waals surface area contributed by atoms with Crippen LogP contribution >= 0.6 is 15.9 Å². The summed E-state index contributed by atoms with van der Waals surface area (Å²) in [4.78, 5) is 4.06. The highest BCUT2D eigenvalue weighted by molar-refractivity contribution is 9.10. The number of aromatic nitrogens is 1. The molecular formula is C15H11BrFN3. The molecule has 0 unspecified atom stereocenters. The fourth-order valence-corrected chi connectivity index (χ4v) is 2.28. The fourth-order valence-electron chi connectivity index (χ4n) is 2.03. The molecule has 0 saturated carbocycles. The summed E-state index contributed by atoms with van der Waals surface area (Å²) in [5.41, 5.74) is 8.15. The molecule has 0 aliphatic carbocycles. The number of nitrogens with two attached hydrogens (primary N) is 1. The highest BCUT2D eigenvalue weighted by atomic mass is 79.9. The van der Waals surface area contributed by atoms with Crippen molar-refractivity contribution in [3.8, 4) is 0 Å².